The topological polar surface area (TPSA) is 43.4 Å². The van der Waals surface area contributed by atoms with E-state index >= 15 is 0 Å². The van der Waals surface area contributed by atoms with E-state index in [4.69, 9.17) is 4.74 Å². The van der Waals surface area contributed by atoms with Crippen molar-refractivity contribution >= 4 is 13.3 Å². The van der Waals surface area contributed by atoms with Gasteiger partial charge in [0.25, 0.3) is 0 Å². The second kappa shape index (κ2) is 5.63. The minimum absolute atomic E-state index is 0.119. The lowest BCUT2D eigenvalue weighted by Crippen LogP contribution is -1.94. The van der Waals surface area contributed by atoms with Gasteiger partial charge in [0.05, 0.1) is 0 Å². The van der Waals surface area contributed by atoms with Gasteiger partial charge >= 0.3 is 0 Å². The quantitative estimate of drug-likeness (QED) is 0.578. The van der Waals surface area contributed by atoms with E-state index in [1.165, 1.54) is 0 Å². The molecule has 0 aromatic heterocycles. The minimum Gasteiger partial charge on any atom is -0.374 e. The van der Waals surface area contributed by atoms with Gasteiger partial charge in [-0.15, -0.1) is 0 Å². The molecule has 0 heterocycles. The van der Waals surface area contributed by atoms with Gasteiger partial charge < -0.3 is 9.30 Å². The van der Waals surface area contributed by atoms with Crippen LogP contribution in [0.5, 0.6) is 0 Å². The Morgan fingerprint density at radius 3 is 2.50 bits per heavy atom. The number of hydrogen-bond acceptors (Lipinski definition) is 3. The summed E-state index contributed by atoms with van der Waals surface area (Å²) in [6.45, 7) is 4.04. The highest BCUT2D eigenvalue weighted by molar-refractivity contribution is 7.63. The van der Waals surface area contributed by atoms with Gasteiger partial charge in [0.2, 0.25) is 0 Å². The van der Waals surface area contributed by atoms with Crippen molar-refractivity contribution in [2.75, 3.05) is 13.0 Å². The normalized spacial score (nSPS) is 13.0. The monoisotopic (exact) mass is 164 g/mol. The molecule has 1 atom stereocenters. The Balaban J connectivity index is 3.52. The molecule has 0 aliphatic rings. The van der Waals surface area contributed by atoms with Crippen LogP contribution in [0.2, 0.25) is 0 Å². The van der Waals surface area contributed by atoms with E-state index in [2.05, 4.69) is 0 Å². The summed E-state index contributed by atoms with van der Waals surface area (Å²) >= 11 is 0. The fourth-order valence-electron chi connectivity index (χ4n) is 0.472. The fraction of sp³-hybridized carbons (Fsp3) is 0.833. The van der Waals surface area contributed by atoms with Crippen molar-refractivity contribution in [1.82, 2.24) is 0 Å². The van der Waals surface area contributed by atoms with Crippen LogP contribution in [0.15, 0.2) is 0 Å². The molecule has 60 valence electrons. The summed E-state index contributed by atoms with van der Waals surface area (Å²) in [5.74, 6) is 0. The first-order valence-electron chi connectivity index (χ1n) is 3.36. The standard InChI is InChI=1S/C6H13O3P/c1-3-6(7)10(8)5-9-4-2/h10H,3-5H2,1-2H3. The van der Waals surface area contributed by atoms with Gasteiger partial charge in [-0.3, -0.25) is 4.79 Å². The smallest absolute Gasteiger partial charge is 0.190 e. The molecule has 0 N–H and O–H groups in total. The number of ether oxygens (including phenoxy) is 1. The van der Waals surface area contributed by atoms with Crippen LogP contribution in [0.3, 0.4) is 0 Å². The van der Waals surface area contributed by atoms with E-state index < -0.39 is 7.80 Å². The summed E-state index contributed by atoms with van der Waals surface area (Å²) in [7, 11) is -2.09. The van der Waals surface area contributed by atoms with E-state index in [0.29, 0.717) is 13.0 Å². The van der Waals surface area contributed by atoms with Gasteiger partial charge in [-0.05, 0) is 6.92 Å². The molecule has 0 amide bonds. The Morgan fingerprint density at radius 1 is 1.50 bits per heavy atom. The predicted octanol–water partition coefficient (Wildman–Crippen LogP) is 1.48. The molecule has 0 radical (unpaired) electrons. The summed E-state index contributed by atoms with van der Waals surface area (Å²) in [5, 5.41) is 0. The lowest BCUT2D eigenvalue weighted by Gasteiger charge is -1.97. The molecule has 1 unspecified atom stereocenters. The maximum absolute atomic E-state index is 10.8. The van der Waals surface area contributed by atoms with Crippen LogP contribution in [0, 0.1) is 0 Å². The molecule has 10 heavy (non-hydrogen) atoms. The summed E-state index contributed by atoms with van der Waals surface area (Å²) in [4.78, 5) is 10.7. The van der Waals surface area contributed by atoms with E-state index in [9.17, 15) is 9.36 Å². The Hall–Kier alpha value is -0.140. The van der Waals surface area contributed by atoms with Gasteiger partial charge in [0.1, 0.15) is 6.35 Å². The third kappa shape index (κ3) is 3.80. The molecule has 3 nitrogen and oxygen atoms in total. The van der Waals surface area contributed by atoms with Gasteiger partial charge in [0.15, 0.2) is 13.3 Å². The zero-order valence-corrected chi connectivity index (χ0v) is 7.35. The second-order valence-corrected chi connectivity index (χ2v) is 3.53. The third-order valence-electron chi connectivity index (χ3n) is 1.07. The third-order valence-corrected chi connectivity index (χ3v) is 2.51. The van der Waals surface area contributed by atoms with Gasteiger partial charge in [-0.1, -0.05) is 6.92 Å². The number of carbonyl (C=O) groups excluding carboxylic acids is 1. The largest absolute Gasteiger partial charge is 0.374 e. The number of rotatable bonds is 5. The SMILES string of the molecule is CCOC[PH](=O)C(=O)CC. The molecule has 0 rings (SSSR count). The summed E-state index contributed by atoms with van der Waals surface area (Å²) in [5.41, 5.74) is -0.168. The molecular weight excluding hydrogens is 151 g/mol. The Kier molecular flexibility index (Phi) is 5.55. The predicted molar refractivity (Wildman–Crippen MR) is 40.8 cm³/mol. The van der Waals surface area contributed by atoms with E-state index in [1.807, 2.05) is 6.92 Å². The maximum atomic E-state index is 10.8. The zero-order chi connectivity index (χ0) is 7.98. The molecule has 0 saturated carbocycles. The lowest BCUT2D eigenvalue weighted by atomic mass is 10.6. The first-order chi connectivity index (χ1) is 4.72. The van der Waals surface area contributed by atoms with Crippen molar-refractivity contribution in [2.24, 2.45) is 0 Å². The summed E-state index contributed by atoms with van der Waals surface area (Å²) in [6.07, 6.45) is 0.471. The van der Waals surface area contributed by atoms with Crippen molar-refractivity contribution in [3.63, 3.8) is 0 Å². The van der Waals surface area contributed by atoms with Gasteiger partial charge in [0, 0.05) is 13.0 Å². The van der Waals surface area contributed by atoms with Crippen molar-refractivity contribution in [3.8, 4) is 0 Å². The molecule has 0 saturated heterocycles. The highest BCUT2D eigenvalue weighted by atomic mass is 31.1. The van der Waals surface area contributed by atoms with Gasteiger partial charge in [-0.2, -0.15) is 0 Å². The van der Waals surface area contributed by atoms with Crippen molar-refractivity contribution in [1.29, 1.82) is 0 Å². The van der Waals surface area contributed by atoms with E-state index in [0.717, 1.165) is 0 Å². The van der Waals surface area contributed by atoms with E-state index in [1.54, 1.807) is 6.92 Å². The molecule has 0 fully saturated rings. The van der Waals surface area contributed by atoms with Crippen LogP contribution >= 0.6 is 7.80 Å². The first kappa shape index (κ1) is 9.86. The van der Waals surface area contributed by atoms with Crippen molar-refractivity contribution < 1.29 is 14.1 Å². The van der Waals surface area contributed by atoms with Crippen LogP contribution in [-0.2, 0) is 14.1 Å². The minimum atomic E-state index is -2.09. The van der Waals surface area contributed by atoms with Crippen LogP contribution in [-0.4, -0.2) is 18.5 Å². The molecular formula is C6H13O3P. The van der Waals surface area contributed by atoms with Crippen LogP contribution in [0.1, 0.15) is 20.3 Å². The Labute approximate surface area is 61.5 Å². The van der Waals surface area contributed by atoms with E-state index in [-0.39, 0.29) is 11.9 Å². The Bertz CT molecular complexity index is 133. The zero-order valence-electron chi connectivity index (χ0n) is 6.35. The summed E-state index contributed by atoms with van der Waals surface area (Å²) < 4.78 is 15.7. The van der Waals surface area contributed by atoms with Crippen molar-refractivity contribution in [3.05, 3.63) is 0 Å². The highest BCUT2D eigenvalue weighted by Crippen LogP contribution is 2.22. The fourth-order valence-corrected chi connectivity index (χ4v) is 1.42. The second-order valence-electron chi connectivity index (χ2n) is 1.84. The molecule has 0 spiro atoms. The molecule has 0 aromatic rings. The average Bonchev–Trinajstić information content (AvgIpc) is 1.98. The number of carbonyl (C=O) groups is 1. The van der Waals surface area contributed by atoms with Crippen LogP contribution < -0.4 is 0 Å². The molecule has 0 aliphatic heterocycles. The van der Waals surface area contributed by atoms with Crippen LogP contribution in [0.25, 0.3) is 0 Å². The van der Waals surface area contributed by atoms with Crippen molar-refractivity contribution in [2.45, 2.75) is 20.3 Å². The lowest BCUT2D eigenvalue weighted by molar-refractivity contribution is -0.111. The first-order valence-corrected chi connectivity index (χ1v) is 4.97. The number of hydrogen-bond donors (Lipinski definition) is 0. The molecule has 0 aromatic carbocycles. The Morgan fingerprint density at radius 2 is 2.10 bits per heavy atom. The molecule has 4 heteroatoms. The molecule has 0 bridgehead atoms. The van der Waals surface area contributed by atoms with Crippen LogP contribution in [0.4, 0.5) is 0 Å². The average molecular weight is 164 g/mol. The van der Waals surface area contributed by atoms with Gasteiger partial charge in [-0.25, -0.2) is 0 Å². The molecule has 0 aliphatic carbocycles. The highest BCUT2D eigenvalue weighted by Gasteiger charge is 2.07. The maximum Gasteiger partial charge on any atom is 0.190 e. The summed E-state index contributed by atoms with van der Waals surface area (Å²) in [6, 6.07) is 0.